The largest absolute Gasteiger partial charge is 0.490 e. The third kappa shape index (κ3) is 2.87. The molecule has 106 valence electrons. The van der Waals surface area contributed by atoms with E-state index in [-0.39, 0.29) is 0 Å². The van der Waals surface area contributed by atoms with Gasteiger partial charge in [0.25, 0.3) is 0 Å². The van der Waals surface area contributed by atoms with Gasteiger partial charge in [-0.25, -0.2) is 15.8 Å². The molecule has 0 aliphatic heterocycles. The van der Waals surface area contributed by atoms with Crippen LogP contribution in [0, 0.1) is 0 Å². The number of nitrogens with zero attached hydrogens (tertiary/aromatic N) is 3. The van der Waals surface area contributed by atoms with Gasteiger partial charge in [-0.3, -0.25) is 0 Å². The molecule has 1 aromatic heterocycles. The second kappa shape index (κ2) is 5.58. The number of aliphatic hydroxyl groups is 1. The first kappa shape index (κ1) is 13.8. The fraction of sp³-hybridized carbons (Fsp3) is 0.667. The summed E-state index contributed by atoms with van der Waals surface area (Å²) in [6.07, 6.45) is 5.21. The summed E-state index contributed by atoms with van der Waals surface area (Å²) in [5.41, 5.74) is 1.84. The van der Waals surface area contributed by atoms with Crippen LogP contribution >= 0.6 is 0 Å². The molecule has 19 heavy (non-hydrogen) atoms. The van der Waals surface area contributed by atoms with Crippen molar-refractivity contribution in [3.05, 3.63) is 6.33 Å². The number of nitrogens with two attached hydrogens (primary N) is 1. The maximum atomic E-state index is 10.4. The van der Waals surface area contributed by atoms with Crippen molar-refractivity contribution < 1.29 is 9.84 Å². The highest BCUT2D eigenvalue weighted by molar-refractivity contribution is 5.64. The third-order valence-corrected chi connectivity index (χ3v) is 3.55. The van der Waals surface area contributed by atoms with Crippen LogP contribution in [0.3, 0.4) is 0 Å². The smallest absolute Gasteiger partial charge is 0.205 e. The fourth-order valence-electron chi connectivity index (χ4n) is 2.63. The normalized spacial score (nSPS) is 17.3. The molecule has 7 heteroatoms. The Kier molecular flexibility index (Phi) is 4.06. The minimum absolute atomic E-state index is 0.428. The number of aromatic nitrogens is 2. The highest BCUT2D eigenvalue weighted by atomic mass is 16.5. The van der Waals surface area contributed by atoms with E-state index in [0.29, 0.717) is 23.9 Å². The summed E-state index contributed by atoms with van der Waals surface area (Å²) in [6, 6.07) is 0. The molecule has 1 aliphatic rings. The maximum absolute atomic E-state index is 10.4. The van der Waals surface area contributed by atoms with Crippen molar-refractivity contribution >= 4 is 11.6 Å². The van der Waals surface area contributed by atoms with Crippen LogP contribution in [0.1, 0.15) is 25.7 Å². The van der Waals surface area contributed by atoms with Crippen LogP contribution in [-0.4, -0.2) is 41.4 Å². The van der Waals surface area contributed by atoms with Gasteiger partial charge in [0.2, 0.25) is 5.75 Å². The predicted octanol–water partition coefficient (Wildman–Crippen LogP) is 0.512. The Morgan fingerprint density at radius 2 is 2.16 bits per heavy atom. The molecule has 1 aliphatic carbocycles. The van der Waals surface area contributed by atoms with Gasteiger partial charge in [-0.2, -0.15) is 0 Å². The average molecular weight is 267 g/mol. The number of likely N-dealkylation sites (N-methyl/N-ethyl adjacent to an activating group) is 1. The Hall–Kier alpha value is -1.60. The summed E-state index contributed by atoms with van der Waals surface area (Å²) < 4.78 is 5.30. The minimum atomic E-state index is -0.638. The molecule has 0 atom stereocenters. The van der Waals surface area contributed by atoms with Crippen LogP contribution in [0.25, 0.3) is 0 Å². The average Bonchev–Trinajstić information content (AvgIpc) is 2.83. The van der Waals surface area contributed by atoms with Crippen molar-refractivity contribution in [2.75, 3.05) is 31.0 Å². The molecule has 0 bridgehead atoms. The zero-order valence-electron chi connectivity index (χ0n) is 11.4. The van der Waals surface area contributed by atoms with Gasteiger partial charge >= 0.3 is 0 Å². The van der Waals surface area contributed by atoms with Crippen LogP contribution in [0.5, 0.6) is 5.75 Å². The van der Waals surface area contributed by atoms with Crippen molar-refractivity contribution in [2.24, 2.45) is 5.84 Å². The van der Waals surface area contributed by atoms with E-state index >= 15 is 0 Å². The molecule has 0 amide bonds. The molecule has 1 heterocycles. The molecule has 1 saturated carbocycles. The van der Waals surface area contributed by atoms with Crippen LogP contribution in [0.15, 0.2) is 6.33 Å². The summed E-state index contributed by atoms with van der Waals surface area (Å²) in [5, 5.41) is 10.4. The third-order valence-electron chi connectivity index (χ3n) is 3.55. The number of hydrogen-bond acceptors (Lipinski definition) is 7. The lowest BCUT2D eigenvalue weighted by molar-refractivity contribution is 0.0557. The van der Waals surface area contributed by atoms with Crippen molar-refractivity contribution in [2.45, 2.75) is 31.3 Å². The van der Waals surface area contributed by atoms with Crippen LogP contribution in [0.2, 0.25) is 0 Å². The van der Waals surface area contributed by atoms with Gasteiger partial charge in [0.05, 0.1) is 12.7 Å². The Bertz CT molecular complexity index is 434. The zero-order valence-corrected chi connectivity index (χ0v) is 11.4. The van der Waals surface area contributed by atoms with E-state index in [2.05, 4.69) is 15.4 Å². The van der Waals surface area contributed by atoms with Gasteiger partial charge in [-0.1, -0.05) is 12.8 Å². The number of hydrazine groups is 1. The quantitative estimate of drug-likeness (QED) is 0.528. The Morgan fingerprint density at radius 3 is 2.74 bits per heavy atom. The summed E-state index contributed by atoms with van der Waals surface area (Å²) >= 11 is 0. The molecule has 4 N–H and O–H groups in total. The fourth-order valence-corrected chi connectivity index (χ4v) is 2.63. The molecular weight excluding hydrogens is 246 g/mol. The molecule has 1 fully saturated rings. The van der Waals surface area contributed by atoms with E-state index in [1.807, 2.05) is 11.9 Å². The van der Waals surface area contributed by atoms with Crippen molar-refractivity contribution in [3.63, 3.8) is 0 Å². The van der Waals surface area contributed by atoms with Gasteiger partial charge in [-0.15, -0.1) is 0 Å². The molecule has 1 aromatic rings. The highest BCUT2D eigenvalue weighted by Crippen LogP contribution is 2.34. The molecule has 0 unspecified atom stereocenters. The number of rotatable bonds is 5. The number of methoxy groups -OCH3 is 1. The summed E-state index contributed by atoms with van der Waals surface area (Å²) in [4.78, 5) is 10.1. The highest BCUT2D eigenvalue weighted by Gasteiger charge is 2.33. The molecule has 0 spiro atoms. The number of nitrogens with one attached hydrogen (secondary N) is 1. The summed E-state index contributed by atoms with van der Waals surface area (Å²) in [5.74, 6) is 6.92. The molecule has 0 saturated heterocycles. The minimum Gasteiger partial charge on any atom is -0.490 e. The number of anilines is 2. The Morgan fingerprint density at radius 1 is 1.47 bits per heavy atom. The Labute approximate surface area is 112 Å². The maximum Gasteiger partial charge on any atom is 0.205 e. The second-order valence-electron chi connectivity index (χ2n) is 5.01. The van der Waals surface area contributed by atoms with Crippen LogP contribution < -0.4 is 20.9 Å². The van der Waals surface area contributed by atoms with Gasteiger partial charge in [0, 0.05) is 13.6 Å². The number of hydrogen-bond donors (Lipinski definition) is 3. The van der Waals surface area contributed by atoms with E-state index in [1.54, 1.807) is 7.11 Å². The number of nitrogen functional groups attached to an aromatic ring is 1. The van der Waals surface area contributed by atoms with Gasteiger partial charge in [-0.05, 0) is 12.8 Å². The topological polar surface area (TPSA) is 96.5 Å². The molecule has 0 aromatic carbocycles. The van der Waals surface area contributed by atoms with Gasteiger partial charge in [0.15, 0.2) is 11.6 Å². The lowest BCUT2D eigenvalue weighted by Crippen LogP contribution is -2.39. The molecule has 0 radical (unpaired) electrons. The predicted molar refractivity (Wildman–Crippen MR) is 73.1 cm³/mol. The zero-order chi connectivity index (χ0) is 13.9. The van der Waals surface area contributed by atoms with Crippen molar-refractivity contribution in [1.29, 1.82) is 0 Å². The standard InChI is InChI=1S/C12H21N5O2/c1-17(7-12(18)5-3-4-6-12)11-9(19-2)10(16-13)14-8-15-11/h8,18H,3-7,13H2,1-2H3,(H,14,15,16). The van der Waals surface area contributed by atoms with E-state index < -0.39 is 5.60 Å². The van der Waals surface area contributed by atoms with Crippen molar-refractivity contribution in [3.8, 4) is 5.75 Å². The van der Waals surface area contributed by atoms with Gasteiger partial charge in [0.1, 0.15) is 6.33 Å². The summed E-state index contributed by atoms with van der Waals surface area (Å²) in [7, 11) is 3.42. The molecule has 7 nitrogen and oxygen atoms in total. The number of ether oxygens (including phenoxy) is 1. The van der Waals surface area contributed by atoms with E-state index in [9.17, 15) is 5.11 Å². The van der Waals surface area contributed by atoms with Crippen LogP contribution in [-0.2, 0) is 0 Å². The van der Waals surface area contributed by atoms with Crippen molar-refractivity contribution in [1.82, 2.24) is 9.97 Å². The SMILES string of the molecule is COc1c(NN)ncnc1N(C)CC1(O)CCCC1. The van der Waals surface area contributed by atoms with Crippen LogP contribution in [0.4, 0.5) is 11.6 Å². The Balaban J connectivity index is 2.20. The lowest BCUT2D eigenvalue weighted by Gasteiger charge is -2.30. The summed E-state index contributed by atoms with van der Waals surface area (Å²) in [6.45, 7) is 0.518. The first-order chi connectivity index (χ1) is 9.09. The lowest BCUT2D eigenvalue weighted by atomic mass is 10.0. The van der Waals surface area contributed by atoms with E-state index in [4.69, 9.17) is 10.6 Å². The first-order valence-electron chi connectivity index (χ1n) is 6.39. The van der Waals surface area contributed by atoms with E-state index in [0.717, 1.165) is 25.7 Å². The molecular formula is C12H21N5O2. The monoisotopic (exact) mass is 267 g/mol. The molecule has 2 rings (SSSR count). The van der Waals surface area contributed by atoms with E-state index in [1.165, 1.54) is 6.33 Å². The van der Waals surface area contributed by atoms with Gasteiger partial charge < -0.3 is 20.2 Å². The first-order valence-corrected chi connectivity index (χ1v) is 6.39. The second-order valence-corrected chi connectivity index (χ2v) is 5.01.